The number of benzene rings is 1. The van der Waals surface area contributed by atoms with Gasteiger partial charge in [-0.2, -0.15) is 0 Å². The molecule has 3 aromatic rings. The Bertz CT molecular complexity index is 1430. The van der Waals surface area contributed by atoms with Crippen LogP contribution in [0.1, 0.15) is 53.9 Å². The summed E-state index contributed by atoms with van der Waals surface area (Å²) in [4.78, 5) is 51.5. The van der Waals surface area contributed by atoms with Gasteiger partial charge in [-0.25, -0.2) is 4.98 Å². The fourth-order valence-electron chi connectivity index (χ4n) is 6.63. The van der Waals surface area contributed by atoms with Crippen LogP contribution in [0.25, 0.3) is 11.3 Å². The molecule has 0 radical (unpaired) electrons. The van der Waals surface area contributed by atoms with E-state index in [1.807, 2.05) is 42.2 Å². The zero-order chi connectivity index (χ0) is 26.6. The second-order valence-corrected chi connectivity index (χ2v) is 11.4. The minimum atomic E-state index is -0.779. The molecule has 2 N–H and O–H groups in total. The van der Waals surface area contributed by atoms with Crippen LogP contribution in [0.3, 0.4) is 0 Å². The molecule has 8 nitrogen and oxygen atoms in total. The van der Waals surface area contributed by atoms with E-state index in [1.165, 1.54) is 6.92 Å². The number of aromatic nitrogens is 2. The Morgan fingerprint density at radius 2 is 1.92 bits per heavy atom. The zero-order valence-corrected chi connectivity index (χ0v) is 22.1. The number of amides is 2. The standard InChI is InChI=1S/C30H33N5O3/c1-18(36)32-26-12-20(9-10-31-26)28-23(11-19-7-5-4-6-8-19)27-24(33-28)14-30(2,15-25(27)37)29(38)35-17-21-13-22(35)16-34(21)3/h4-10,12,21-22,33H,11,13-17H2,1-3H3,(H,31,32,36). The van der Waals surface area contributed by atoms with E-state index < -0.39 is 5.41 Å². The molecule has 1 aliphatic carbocycles. The Morgan fingerprint density at radius 3 is 2.61 bits per heavy atom. The fourth-order valence-corrected chi connectivity index (χ4v) is 6.63. The van der Waals surface area contributed by atoms with Gasteiger partial charge < -0.3 is 15.2 Å². The third kappa shape index (κ3) is 4.22. The largest absolute Gasteiger partial charge is 0.358 e. The van der Waals surface area contributed by atoms with Crippen LogP contribution >= 0.6 is 0 Å². The number of carbonyl (C=O) groups is 3. The molecule has 3 unspecified atom stereocenters. The molecule has 2 aliphatic heterocycles. The number of anilines is 1. The molecule has 2 amide bonds. The van der Waals surface area contributed by atoms with Crippen LogP contribution in [0, 0.1) is 5.41 Å². The molecule has 0 saturated carbocycles. The van der Waals surface area contributed by atoms with Crippen molar-refractivity contribution in [1.82, 2.24) is 19.8 Å². The number of pyridine rings is 1. The van der Waals surface area contributed by atoms with E-state index in [1.54, 1.807) is 6.20 Å². The molecule has 38 heavy (non-hydrogen) atoms. The molecule has 3 aliphatic rings. The molecule has 3 atom stereocenters. The van der Waals surface area contributed by atoms with Crippen molar-refractivity contribution in [2.75, 3.05) is 25.5 Å². The summed E-state index contributed by atoms with van der Waals surface area (Å²) in [6.07, 6.45) is 3.95. The van der Waals surface area contributed by atoms with E-state index >= 15 is 0 Å². The Hall–Kier alpha value is -3.78. The van der Waals surface area contributed by atoms with E-state index in [0.29, 0.717) is 30.3 Å². The van der Waals surface area contributed by atoms with Crippen molar-refractivity contribution in [3.05, 3.63) is 71.0 Å². The highest BCUT2D eigenvalue weighted by Crippen LogP contribution is 2.43. The second-order valence-electron chi connectivity index (χ2n) is 11.4. The number of likely N-dealkylation sites (N-methyl/N-ethyl adjacent to an activating group) is 1. The van der Waals surface area contributed by atoms with Crippen LogP contribution in [0.5, 0.6) is 0 Å². The average Bonchev–Trinajstić information content (AvgIpc) is 3.56. The number of H-pyrrole nitrogens is 1. The number of aromatic amines is 1. The van der Waals surface area contributed by atoms with Gasteiger partial charge in [0.2, 0.25) is 11.8 Å². The van der Waals surface area contributed by atoms with E-state index in [4.69, 9.17) is 0 Å². The number of Topliss-reactive ketones (excluding diaryl/α,β-unsaturated/α-hetero) is 1. The average molecular weight is 512 g/mol. The lowest BCUT2D eigenvalue weighted by atomic mass is 9.72. The first kappa shape index (κ1) is 24.6. The fraction of sp³-hybridized carbons (Fsp3) is 0.400. The molecule has 2 saturated heterocycles. The molecular formula is C30H33N5O3. The zero-order valence-electron chi connectivity index (χ0n) is 22.1. The number of likely N-dealkylation sites (tertiary alicyclic amines) is 2. The molecule has 2 fully saturated rings. The smallest absolute Gasteiger partial charge is 0.229 e. The van der Waals surface area contributed by atoms with Crippen molar-refractivity contribution in [3.8, 4) is 11.3 Å². The molecule has 1 aromatic carbocycles. The van der Waals surface area contributed by atoms with Gasteiger partial charge in [0.25, 0.3) is 0 Å². The summed E-state index contributed by atoms with van der Waals surface area (Å²) in [5.41, 5.74) is 4.43. The van der Waals surface area contributed by atoms with Crippen LogP contribution in [-0.4, -0.2) is 69.6 Å². The SMILES string of the molecule is CC(=O)Nc1cc(-c2[nH]c3c(c2Cc2ccccc2)C(=O)CC(C)(C(=O)N2CC4CC2CN4C)C3)ccn1. The van der Waals surface area contributed by atoms with Gasteiger partial charge >= 0.3 is 0 Å². The monoisotopic (exact) mass is 511 g/mol. The molecule has 2 aromatic heterocycles. The number of fused-ring (bicyclic) bond motifs is 3. The van der Waals surface area contributed by atoms with Gasteiger partial charge in [-0.3, -0.25) is 19.3 Å². The molecule has 4 heterocycles. The molecule has 196 valence electrons. The van der Waals surface area contributed by atoms with E-state index in [-0.39, 0.29) is 30.1 Å². The summed E-state index contributed by atoms with van der Waals surface area (Å²) < 4.78 is 0. The van der Waals surface area contributed by atoms with Crippen LogP contribution < -0.4 is 5.32 Å². The quantitative estimate of drug-likeness (QED) is 0.545. The number of ketones is 1. The molecular weight excluding hydrogens is 478 g/mol. The highest BCUT2D eigenvalue weighted by Gasteiger charge is 2.51. The molecule has 8 heteroatoms. The third-order valence-corrected chi connectivity index (χ3v) is 8.45. The Balaban J connectivity index is 1.39. The Morgan fingerprint density at radius 1 is 1.13 bits per heavy atom. The first-order chi connectivity index (χ1) is 18.2. The summed E-state index contributed by atoms with van der Waals surface area (Å²) in [5.74, 6) is 0.354. The number of nitrogens with one attached hydrogen (secondary N) is 2. The molecule has 6 rings (SSSR count). The van der Waals surface area contributed by atoms with Gasteiger partial charge in [-0.1, -0.05) is 30.3 Å². The third-order valence-electron chi connectivity index (χ3n) is 8.45. The highest BCUT2D eigenvalue weighted by molar-refractivity contribution is 6.05. The first-order valence-corrected chi connectivity index (χ1v) is 13.3. The number of nitrogens with zero attached hydrogens (tertiary/aromatic N) is 3. The van der Waals surface area contributed by atoms with Gasteiger partial charge in [-0.05, 0) is 43.7 Å². The number of hydrogen-bond donors (Lipinski definition) is 2. The minimum absolute atomic E-state index is 0.00754. The van der Waals surface area contributed by atoms with Crippen LogP contribution in [0.4, 0.5) is 5.82 Å². The maximum Gasteiger partial charge on any atom is 0.229 e. The first-order valence-electron chi connectivity index (χ1n) is 13.3. The lowest BCUT2D eigenvalue weighted by Gasteiger charge is -2.40. The van der Waals surface area contributed by atoms with Gasteiger partial charge in [0.15, 0.2) is 5.78 Å². The van der Waals surface area contributed by atoms with Crippen molar-refractivity contribution in [2.24, 2.45) is 5.41 Å². The van der Waals surface area contributed by atoms with Crippen molar-refractivity contribution < 1.29 is 14.4 Å². The Labute approximate surface area is 222 Å². The molecule has 2 bridgehead atoms. The van der Waals surface area contributed by atoms with Gasteiger partial charge in [-0.15, -0.1) is 0 Å². The number of rotatable bonds is 5. The van der Waals surface area contributed by atoms with E-state index in [0.717, 1.165) is 47.6 Å². The van der Waals surface area contributed by atoms with Gasteiger partial charge in [0.1, 0.15) is 5.82 Å². The predicted molar refractivity (Wildman–Crippen MR) is 145 cm³/mol. The summed E-state index contributed by atoms with van der Waals surface area (Å²) >= 11 is 0. The predicted octanol–water partition coefficient (Wildman–Crippen LogP) is 3.68. The normalized spacial score (nSPS) is 24.5. The lowest BCUT2D eigenvalue weighted by Crippen LogP contribution is -2.53. The minimum Gasteiger partial charge on any atom is -0.358 e. The second kappa shape index (κ2) is 9.20. The van der Waals surface area contributed by atoms with E-state index in [2.05, 4.69) is 39.4 Å². The molecule has 0 spiro atoms. The van der Waals surface area contributed by atoms with Crippen molar-refractivity contribution >= 4 is 23.4 Å². The van der Waals surface area contributed by atoms with Crippen LogP contribution in [0.2, 0.25) is 0 Å². The van der Waals surface area contributed by atoms with Crippen molar-refractivity contribution in [2.45, 2.75) is 51.6 Å². The Kier molecular flexibility index (Phi) is 5.94. The van der Waals surface area contributed by atoms with Crippen LogP contribution in [0.15, 0.2) is 48.7 Å². The number of piperazine rings is 1. The summed E-state index contributed by atoms with van der Waals surface area (Å²) in [6, 6.07) is 14.4. The van der Waals surface area contributed by atoms with Crippen molar-refractivity contribution in [3.63, 3.8) is 0 Å². The summed E-state index contributed by atoms with van der Waals surface area (Å²) in [6.45, 7) is 5.04. The topological polar surface area (TPSA) is 98.4 Å². The van der Waals surface area contributed by atoms with E-state index in [9.17, 15) is 14.4 Å². The maximum absolute atomic E-state index is 13.9. The number of hydrogen-bond acceptors (Lipinski definition) is 5. The lowest BCUT2D eigenvalue weighted by molar-refractivity contribution is -0.143. The van der Waals surface area contributed by atoms with Crippen molar-refractivity contribution in [1.29, 1.82) is 0 Å². The van der Waals surface area contributed by atoms with Gasteiger partial charge in [0.05, 0.1) is 11.1 Å². The summed E-state index contributed by atoms with van der Waals surface area (Å²) in [5, 5.41) is 2.75. The number of carbonyl (C=O) groups excluding carboxylic acids is 3. The summed E-state index contributed by atoms with van der Waals surface area (Å²) in [7, 11) is 2.12. The highest BCUT2D eigenvalue weighted by atomic mass is 16.2. The maximum atomic E-state index is 13.9. The van der Waals surface area contributed by atoms with Crippen LogP contribution in [-0.2, 0) is 22.4 Å². The van der Waals surface area contributed by atoms with Gasteiger partial charge in [0, 0.05) is 74.4 Å².